The molecule has 11 nitrogen and oxygen atoms in total. The van der Waals surface area contributed by atoms with Crippen LogP contribution in [0.3, 0.4) is 0 Å². The number of hydrogen-bond acceptors (Lipinski definition) is 9. The van der Waals surface area contributed by atoms with Gasteiger partial charge < -0.3 is 15.5 Å². The Balaban J connectivity index is 1.40. The van der Waals surface area contributed by atoms with Gasteiger partial charge in [0.15, 0.2) is 5.65 Å². The van der Waals surface area contributed by atoms with Crippen molar-refractivity contribution >= 4 is 34.3 Å². The Bertz CT molecular complexity index is 1270. The van der Waals surface area contributed by atoms with E-state index in [0.29, 0.717) is 11.3 Å². The molecular weight excluding hydrogens is 406 g/mol. The average Bonchev–Trinajstić information content (AvgIpc) is 3.40. The molecule has 1 aliphatic heterocycles. The van der Waals surface area contributed by atoms with Crippen LogP contribution in [-0.2, 0) is 0 Å². The van der Waals surface area contributed by atoms with Gasteiger partial charge in [0.2, 0.25) is 10.1 Å². The van der Waals surface area contributed by atoms with E-state index in [0.717, 1.165) is 47.9 Å². The second kappa shape index (κ2) is 7.65. The van der Waals surface area contributed by atoms with Gasteiger partial charge in [0.1, 0.15) is 0 Å². The molecule has 30 heavy (non-hydrogen) atoms. The van der Waals surface area contributed by atoms with Gasteiger partial charge in [-0.2, -0.15) is 0 Å². The molecule has 0 unspecified atom stereocenters. The highest BCUT2D eigenvalue weighted by Crippen LogP contribution is 2.26. The number of rotatable bonds is 4. The van der Waals surface area contributed by atoms with Crippen LogP contribution < -0.4 is 21.2 Å². The summed E-state index contributed by atoms with van der Waals surface area (Å²) in [6, 6.07) is 7.12. The minimum absolute atomic E-state index is 0.129. The van der Waals surface area contributed by atoms with E-state index in [1.807, 2.05) is 6.07 Å². The molecule has 1 fully saturated rings. The molecule has 5 heterocycles. The fraction of sp³-hybridized carbons (Fsp3) is 0.222. The van der Waals surface area contributed by atoms with Gasteiger partial charge in [0.05, 0.1) is 17.6 Å². The lowest BCUT2D eigenvalue weighted by Crippen LogP contribution is -2.43. The van der Waals surface area contributed by atoms with Crippen molar-refractivity contribution in [2.75, 3.05) is 36.4 Å². The molecule has 1 aliphatic rings. The van der Waals surface area contributed by atoms with Crippen LogP contribution in [0.1, 0.15) is 9.80 Å². The second-order valence-corrected chi connectivity index (χ2v) is 7.55. The Morgan fingerprint density at radius 3 is 2.87 bits per heavy atom. The summed E-state index contributed by atoms with van der Waals surface area (Å²) in [7, 11) is 0. The third kappa shape index (κ3) is 3.31. The van der Waals surface area contributed by atoms with Gasteiger partial charge in [-0.15, -0.1) is 20.0 Å². The third-order valence-electron chi connectivity index (χ3n) is 4.72. The van der Waals surface area contributed by atoms with Crippen molar-refractivity contribution in [3.05, 3.63) is 58.3 Å². The Hall–Kier alpha value is -3.64. The molecule has 152 valence electrons. The highest BCUT2D eigenvalue weighted by Gasteiger charge is 2.20. The van der Waals surface area contributed by atoms with Crippen LogP contribution in [0.15, 0.2) is 47.7 Å². The van der Waals surface area contributed by atoms with Crippen LogP contribution in [0, 0.1) is 0 Å². The first kappa shape index (κ1) is 18.4. The minimum atomic E-state index is -0.417. The molecule has 0 aromatic carbocycles. The van der Waals surface area contributed by atoms with Gasteiger partial charge in [-0.1, -0.05) is 17.4 Å². The van der Waals surface area contributed by atoms with Crippen molar-refractivity contribution < 1.29 is 4.79 Å². The molecule has 4 aromatic rings. The minimum Gasteiger partial charge on any atom is -0.367 e. The number of pyridine rings is 2. The molecule has 2 N–H and O–H groups in total. The van der Waals surface area contributed by atoms with Crippen molar-refractivity contribution in [2.24, 2.45) is 0 Å². The summed E-state index contributed by atoms with van der Waals surface area (Å²) in [5, 5.41) is 18.7. The van der Waals surface area contributed by atoms with E-state index in [1.165, 1.54) is 4.40 Å². The van der Waals surface area contributed by atoms with Crippen molar-refractivity contribution in [1.29, 1.82) is 0 Å². The summed E-state index contributed by atoms with van der Waals surface area (Å²) in [4.78, 5) is 31.6. The SMILES string of the molecule is O=C(Nc1cnccc1N1CCNCC1)c1nnc(-n2nc3ccccn3c2=O)s1. The van der Waals surface area contributed by atoms with Crippen LogP contribution >= 0.6 is 11.3 Å². The van der Waals surface area contributed by atoms with Gasteiger partial charge in [0.25, 0.3) is 5.91 Å². The number of carbonyl (C=O) groups is 1. The maximum Gasteiger partial charge on any atom is 0.357 e. The van der Waals surface area contributed by atoms with Crippen molar-refractivity contribution in [3.8, 4) is 5.13 Å². The highest BCUT2D eigenvalue weighted by molar-refractivity contribution is 7.15. The highest BCUT2D eigenvalue weighted by atomic mass is 32.1. The molecule has 0 bridgehead atoms. The summed E-state index contributed by atoms with van der Waals surface area (Å²) in [5.74, 6) is -0.417. The topological polar surface area (TPSA) is 122 Å². The third-order valence-corrected chi connectivity index (χ3v) is 5.62. The zero-order valence-corrected chi connectivity index (χ0v) is 16.5. The Morgan fingerprint density at radius 1 is 1.17 bits per heavy atom. The number of amides is 1. The van der Waals surface area contributed by atoms with Gasteiger partial charge in [-0.3, -0.25) is 9.78 Å². The smallest absolute Gasteiger partial charge is 0.357 e. The normalized spacial score (nSPS) is 14.2. The fourth-order valence-electron chi connectivity index (χ4n) is 3.28. The molecule has 1 saturated heterocycles. The summed E-state index contributed by atoms with van der Waals surface area (Å²) in [6.07, 6.45) is 4.94. The first-order valence-electron chi connectivity index (χ1n) is 9.32. The number of nitrogens with one attached hydrogen (secondary N) is 2. The quantitative estimate of drug-likeness (QED) is 0.484. The number of aromatic nitrogens is 6. The van der Waals surface area contributed by atoms with E-state index in [9.17, 15) is 9.59 Å². The lowest BCUT2D eigenvalue weighted by Gasteiger charge is -2.30. The van der Waals surface area contributed by atoms with E-state index in [4.69, 9.17) is 0 Å². The molecule has 0 atom stereocenters. The molecular formula is C18H17N9O2S. The number of anilines is 2. The van der Waals surface area contributed by atoms with E-state index in [2.05, 4.69) is 35.8 Å². The van der Waals surface area contributed by atoms with E-state index in [-0.39, 0.29) is 15.8 Å². The van der Waals surface area contributed by atoms with E-state index < -0.39 is 5.91 Å². The molecule has 12 heteroatoms. The second-order valence-electron chi connectivity index (χ2n) is 6.60. The first-order valence-corrected chi connectivity index (χ1v) is 10.1. The zero-order valence-electron chi connectivity index (χ0n) is 15.7. The lowest BCUT2D eigenvalue weighted by atomic mass is 10.2. The summed E-state index contributed by atoms with van der Waals surface area (Å²) >= 11 is 0.993. The van der Waals surface area contributed by atoms with Gasteiger partial charge in [-0.25, -0.2) is 9.20 Å². The summed E-state index contributed by atoms with van der Waals surface area (Å²) in [5.41, 5.74) is 1.62. The Labute approximate surface area is 174 Å². The molecule has 0 radical (unpaired) electrons. The van der Waals surface area contributed by atoms with E-state index >= 15 is 0 Å². The first-order chi connectivity index (χ1) is 14.7. The predicted octanol–water partition coefficient (Wildman–Crippen LogP) is 0.394. The predicted molar refractivity (Wildman–Crippen MR) is 112 cm³/mol. The van der Waals surface area contributed by atoms with Crippen LogP contribution in [0.4, 0.5) is 11.4 Å². The number of nitrogens with zero attached hydrogens (tertiary/aromatic N) is 7. The molecule has 0 spiro atoms. The summed E-state index contributed by atoms with van der Waals surface area (Å²) in [6.45, 7) is 3.44. The van der Waals surface area contributed by atoms with Gasteiger partial charge in [0, 0.05) is 38.6 Å². The molecule has 4 aromatic heterocycles. The van der Waals surface area contributed by atoms with Crippen LogP contribution in [0.5, 0.6) is 0 Å². The standard InChI is InChI=1S/C18H17N9O2S/c28-15(21-12-11-20-5-4-13(12)25-9-6-19-7-10-25)16-22-23-17(30-16)27-18(29)26-8-2-1-3-14(26)24-27/h1-5,8,11,19H,6-7,9-10H2,(H,21,28). The van der Waals surface area contributed by atoms with Crippen LogP contribution in [-0.4, -0.2) is 61.4 Å². The molecule has 0 aliphatic carbocycles. The van der Waals surface area contributed by atoms with Crippen molar-refractivity contribution in [1.82, 2.24) is 34.7 Å². The molecule has 1 amide bonds. The van der Waals surface area contributed by atoms with Crippen molar-refractivity contribution in [3.63, 3.8) is 0 Å². The Kier molecular flexibility index (Phi) is 4.69. The maximum atomic E-state index is 12.8. The zero-order chi connectivity index (χ0) is 20.5. The van der Waals surface area contributed by atoms with Crippen LogP contribution in [0.25, 0.3) is 10.8 Å². The number of piperazine rings is 1. The monoisotopic (exact) mass is 423 g/mol. The lowest BCUT2D eigenvalue weighted by molar-refractivity contribution is 0.102. The Morgan fingerprint density at radius 2 is 2.03 bits per heavy atom. The number of fused-ring (bicyclic) bond motifs is 1. The van der Waals surface area contributed by atoms with Crippen LogP contribution in [0.2, 0.25) is 0 Å². The molecule has 5 rings (SSSR count). The summed E-state index contributed by atoms with van der Waals surface area (Å²) < 4.78 is 2.54. The largest absolute Gasteiger partial charge is 0.367 e. The van der Waals surface area contributed by atoms with Gasteiger partial charge >= 0.3 is 5.69 Å². The number of hydrogen-bond donors (Lipinski definition) is 2. The maximum absolute atomic E-state index is 12.8. The van der Waals surface area contributed by atoms with Crippen molar-refractivity contribution in [2.45, 2.75) is 0 Å². The van der Waals surface area contributed by atoms with Gasteiger partial charge in [-0.05, 0) is 18.2 Å². The number of carbonyl (C=O) groups excluding carboxylic acids is 1. The average molecular weight is 423 g/mol. The molecule has 0 saturated carbocycles. The van der Waals surface area contributed by atoms with E-state index in [1.54, 1.807) is 36.8 Å². The fourth-order valence-corrected chi connectivity index (χ4v) is 3.97.